The fourth-order valence-corrected chi connectivity index (χ4v) is 3.12. The summed E-state index contributed by atoms with van der Waals surface area (Å²) < 4.78 is 7.53. The van der Waals surface area contributed by atoms with Crippen LogP contribution >= 0.6 is 0 Å². The molecule has 1 aromatic carbocycles. The molecule has 0 aliphatic carbocycles. The van der Waals surface area contributed by atoms with Crippen molar-refractivity contribution in [3.8, 4) is 5.75 Å². The summed E-state index contributed by atoms with van der Waals surface area (Å²) in [7, 11) is 1.94. The van der Waals surface area contributed by atoms with Crippen molar-refractivity contribution in [3.05, 3.63) is 41.2 Å². The molecular weight excluding hydrogens is 316 g/mol. The van der Waals surface area contributed by atoms with Crippen LogP contribution in [0.15, 0.2) is 24.3 Å². The van der Waals surface area contributed by atoms with Gasteiger partial charge in [-0.25, -0.2) is 4.79 Å². The van der Waals surface area contributed by atoms with Crippen LogP contribution in [0.25, 0.3) is 0 Å². The molecule has 1 aliphatic heterocycles. The molecule has 0 unspecified atom stereocenters. The lowest BCUT2D eigenvalue weighted by Crippen LogP contribution is -2.39. The molecule has 0 saturated carbocycles. The highest BCUT2D eigenvalue weighted by molar-refractivity contribution is 5.89. The zero-order valence-corrected chi connectivity index (χ0v) is 15.2. The Bertz CT molecular complexity index is 737. The van der Waals surface area contributed by atoms with E-state index in [1.54, 1.807) is 0 Å². The van der Waals surface area contributed by atoms with Crippen LogP contribution in [0.5, 0.6) is 5.75 Å². The Morgan fingerprint density at radius 1 is 1.32 bits per heavy atom. The number of benzene rings is 1. The van der Waals surface area contributed by atoms with Gasteiger partial charge in [-0.2, -0.15) is 5.10 Å². The van der Waals surface area contributed by atoms with Crippen LogP contribution in [0, 0.1) is 6.92 Å². The van der Waals surface area contributed by atoms with Crippen LogP contribution in [-0.4, -0.2) is 33.9 Å². The second kappa shape index (κ2) is 7.59. The first-order valence-corrected chi connectivity index (χ1v) is 8.88. The van der Waals surface area contributed by atoms with Crippen LogP contribution in [0.4, 0.5) is 10.5 Å². The molecule has 6 nitrogen and oxygen atoms in total. The molecule has 0 bridgehead atoms. The molecule has 2 amide bonds. The Hall–Kier alpha value is -2.50. The number of anilines is 1. The van der Waals surface area contributed by atoms with Crippen molar-refractivity contribution < 1.29 is 9.53 Å². The number of amides is 2. The van der Waals surface area contributed by atoms with Gasteiger partial charge in [-0.3, -0.25) is 4.68 Å². The second-order valence-electron chi connectivity index (χ2n) is 6.46. The number of hydrogen-bond donors (Lipinski definition) is 1. The van der Waals surface area contributed by atoms with E-state index in [0.29, 0.717) is 13.1 Å². The van der Waals surface area contributed by atoms with Crippen molar-refractivity contribution in [2.45, 2.75) is 39.7 Å². The Labute approximate surface area is 148 Å². The van der Waals surface area contributed by atoms with Gasteiger partial charge >= 0.3 is 6.03 Å². The van der Waals surface area contributed by atoms with Gasteiger partial charge in [0, 0.05) is 19.3 Å². The van der Waals surface area contributed by atoms with E-state index in [4.69, 9.17) is 4.74 Å². The molecule has 134 valence electrons. The maximum absolute atomic E-state index is 12.5. The predicted molar refractivity (Wildman–Crippen MR) is 97.9 cm³/mol. The standard InChI is InChI=1S/C19H26N4O2/c1-4-5-12-25-16-8-6-15(7-9-16)20-19(24)23-11-10-17-14(2)21-22(3)18(17)13-23/h6-9H,4-5,10-13H2,1-3H3,(H,20,24). The first-order chi connectivity index (χ1) is 12.1. The van der Waals surface area contributed by atoms with Crippen LogP contribution in [0.3, 0.4) is 0 Å². The third kappa shape index (κ3) is 3.95. The minimum Gasteiger partial charge on any atom is -0.494 e. The number of carbonyl (C=O) groups excluding carboxylic acids is 1. The molecule has 0 radical (unpaired) electrons. The minimum absolute atomic E-state index is 0.0795. The van der Waals surface area contributed by atoms with Gasteiger partial charge in [-0.15, -0.1) is 0 Å². The second-order valence-corrected chi connectivity index (χ2v) is 6.46. The Kier molecular flexibility index (Phi) is 5.26. The molecule has 0 atom stereocenters. The first kappa shape index (κ1) is 17.3. The van der Waals surface area contributed by atoms with Gasteiger partial charge in [0.05, 0.1) is 24.5 Å². The lowest BCUT2D eigenvalue weighted by Gasteiger charge is -2.27. The smallest absolute Gasteiger partial charge is 0.322 e. The monoisotopic (exact) mass is 342 g/mol. The number of unbranched alkanes of at least 4 members (excludes halogenated alkanes) is 1. The number of aryl methyl sites for hydroxylation is 2. The van der Waals surface area contributed by atoms with Crippen molar-refractivity contribution in [3.63, 3.8) is 0 Å². The summed E-state index contributed by atoms with van der Waals surface area (Å²) in [4.78, 5) is 14.4. The molecule has 3 rings (SSSR count). The van der Waals surface area contributed by atoms with E-state index in [1.807, 2.05) is 47.8 Å². The van der Waals surface area contributed by atoms with Gasteiger partial charge < -0.3 is 15.0 Å². The first-order valence-electron chi connectivity index (χ1n) is 8.88. The van der Waals surface area contributed by atoms with E-state index >= 15 is 0 Å². The highest BCUT2D eigenvalue weighted by Crippen LogP contribution is 2.22. The summed E-state index contributed by atoms with van der Waals surface area (Å²) in [6, 6.07) is 7.46. The zero-order chi connectivity index (χ0) is 17.8. The highest BCUT2D eigenvalue weighted by atomic mass is 16.5. The van der Waals surface area contributed by atoms with E-state index in [1.165, 1.54) is 5.56 Å². The van der Waals surface area contributed by atoms with E-state index < -0.39 is 0 Å². The number of rotatable bonds is 5. The summed E-state index contributed by atoms with van der Waals surface area (Å²) in [5.41, 5.74) is 4.25. The molecule has 25 heavy (non-hydrogen) atoms. The molecule has 1 aromatic heterocycles. The van der Waals surface area contributed by atoms with Crippen molar-refractivity contribution in [1.29, 1.82) is 0 Å². The fourth-order valence-electron chi connectivity index (χ4n) is 3.12. The minimum atomic E-state index is -0.0795. The van der Waals surface area contributed by atoms with Gasteiger partial charge in [0.25, 0.3) is 0 Å². The maximum Gasteiger partial charge on any atom is 0.322 e. The van der Waals surface area contributed by atoms with Crippen molar-refractivity contribution in [1.82, 2.24) is 14.7 Å². The average molecular weight is 342 g/mol. The lowest BCUT2D eigenvalue weighted by atomic mass is 10.1. The topological polar surface area (TPSA) is 59.4 Å². The largest absolute Gasteiger partial charge is 0.494 e. The number of nitrogens with zero attached hydrogens (tertiary/aromatic N) is 3. The molecule has 0 fully saturated rings. The quantitative estimate of drug-likeness (QED) is 0.846. The Morgan fingerprint density at radius 3 is 2.80 bits per heavy atom. The Morgan fingerprint density at radius 2 is 2.08 bits per heavy atom. The summed E-state index contributed by atoms with van der Waals surface area (Å²) in [6.45, 7) is 6.19. The van der Waals surface area contributed by atoms with Gasteiger partial charge in [0.1, 0.15) is 5.75 Å². The van der Waals surface area contributed by atoms with Crippen LogP contribution < -0.4 is 10.1 Å². The normalized spacial score (nSPS) is 13.5. The van der Waals surface area contributed by atoms with Crippen LogP contribution in [0.2, 0.25) is 0 Å². The third-order valence-corrected chi connectivity index (χ3v) is 4.61. The van der Waals surface area contributed by atoms with Crippen molar-refractivity contribution in [2.75, 3.05) is 18.5 Å². The molecule has 1 aliphatic rings. The molecule has 0 saturated heterocycles. The van der Waals surface area contributed by atoms with Gasteiger partial charge in [0.2, 0.25) is 0 Å². The number of fused-ring (bicyclic) bond motifs is 1. The van der Waals surface area contributed by atoms with Gasteiger partial charge in [-0.1, -0.05) is 13.3 Å². The fraction of sp³-hybridized carbons (Fsp3) is 0.474. The number of nitrogens with one attached hydrogen (secondary N) is 1. The number of carbonyl (C=O) groups is 1. The van der Waals surface area contributed by atoms with Crippen molar-refractivity contribution >= 4 is 11.7 Å². The summed E-state index contributed by atoms with van der Waals surface area (Å²) in [5, 5.41) is 7.42. The van der Waals surface area contributed by atoms with Crippen molar-refractivity contribution in [2.24, 2.45) is 7.05 Å². The number of urea groups is 1. The zero-order valence-electron chi connectivity index (χ0n) is 15.2. The van der Waals surface area contributed by atoms with E-state index in [-0.39, 0.29) is 6.03 Å². The molecular formula is C19H26N4O2. The van der Waals surface area contributed by atoms with Gasteiger partial charge in [-0.05, 0) is 49.6 Å². The summed E-state index contributed by atoms with van der Waals surface area (Å²) in [6.07, 6.45) is 3.01. The molecule has 1 N–H and O–H groups in total. The maximum atomic E-state index is 12.5. The molecule has 2 heterocycles. The number of hydrogen-bond acceptors (Lipinski definition) is 3. The summed E-state index contributed by atoms with van der Waals surface area (Å²) in [5.74, 6) is 0.833. The molecule has 2 aromatic rings. The lowest BCUT2D eigenvalue weighted by molar-refractivity contribution is 0.204. The third-order valence-electron chi connectivity index (χ3n) is 4.61. The van der Waals surface area contributed by atoms with E-state index in [2.05, 4.69) is 17.3 Å². The van der Waals surface area contributed by atoms with Crippen LogP contribution in [0.1, 0.15) is 36.7 Å². The van der Waals surface area contributed by atoms with E-state index in [9.17, 15) is 4.79 Å². The molecule has 0 spiro atoms. The molecule has 6 heteroatoms. The Balaban J connectivity index is 1.58. The van der Waals surface area contributed by atoms with Crippen LogP contribution in [-0.2, 0) is 20.0 Å². The number of ether oxygens (including phenoxy) is 1. The summed E-state index contributed by atoms with van der Waals surface area (Å²) >= 11 is 0. The SMILES string of the molecule is CCCCOc1ccc(NC(=O)N2CCc3c(C)nn(C)c3C2)cc1. The highest BCUT2D eigenvalue weighted by Gasteiger charge is 2.25. The average Bonchev–Trinajstić information content (AvgIpc) is 2.90. The van der Waals surface area contributed by atoms with Gasteiger partial charge in [0.15, 0.2) is 0 Å². The predicted octanol–water partition coefficient (Wildman–Crippen LogP) is 3.50. The number of aromatic nitrogens is 2. The van der Waals surface area contributed by atoms with E-state index in [0.717, 1.165) is 48.7 Å².